The highest BCUT2D eigenvalue weighted by Gasteiger charge is 2.31. The molecule has 0 radical (unpaired) electrons. The van der Waals surface area contributed by atoms with Gasteiger partial charge in [-0.05, 0) is 30.9 Å². The molecule has 1 heterocycles. The number of carboxylic acids is 1. The molecule has 1 aliphatic heterocycles. The number of rotatable bonds is 7. The number of carboxylic acid groups (broad SMARTS) is 1. The standard InChI is InChI=1S/C16H20N2O6S/c1-24-14-6-5-11(8-13(14)18(22)23)9-25-10-15(19)17-7-3-2-4-12(17)16(20)21/h5-6,8,12H,2-4,7,9-10H2,1H3,(H,20,21). The summed E-state index contributed by atoms with van der Waals surface area (Å²) in [6.07, 6.45) is 2.10. The van der Waals surface area contributed by atoms with Crippen LogP contribution in [0.25, 0.3) is 0 Å². The van der Waals surface area contributed by atoms with Crippen LogP contribution < -0.4 is 4.74 Å². The number of carbonyl (C=O) groups is 2. The van der Waals surface area contributed by atoms with E-state index in [4.69, 9.17) is 4.74 Å². The zero-order valence-electron chi connectivity index (χ0n) is 13.8. The van der Waals surface area contributed by atoms with E-state index in [-0.39, 0.29) is 23.1 Å². The molecular weight excluding hydrogens is 348 g/mol. The molecule has 1 saturated heterocycles. The number of thioether (sulfide) groups is 1. The van der Waals surface area contributed by atoms with Crippen molar-refractivity contribution in [2.24, 2.45) is 0 Å². The Morgan fingerprint density at radius 2 is 2.20 bits per heavy atom. The topological polar surface area (TPSA) is 110 Å². The highest BCUT2D eigenvalue weighted by atomic mass is 32.2. The van der Waals surface area contributed by atoms with E-state index in [0.717, 1.165) is 12.8 Å². The van der Waals surface area contributed by atoms with Crippen molar-refractivity contribution in [3.63, 3.8) is 0 Å². The molecule has 1 aromatic carbocycles. The molecule has 0 bridgehead atoms. The molecule has 1 aromatic rings. The minimum Gasteiger partial charge on any atom is -0.490 e. The fraction of sp³-hybridized carbons (Fsp3) is 0.500. The van der Waals surface area contributed by atoms with E-state index in [1.165, 1.54) is 35.9 Å². The first kappa shape index (κ1) is 19.0. The lowest BCUT2D eigenvalue weighted by Crippen LogP contribution is -2.48. The number of aliphatic carboxylic acids is 1. The Labute approximate surface area is 149 Å². The molecule has 1 aliphatic rings. The average Bonchev–Trinajstić information content (AvgIpc) is 2.61. The second kappa shape index (κ2) is 8.70. The van der Waals surface area contributed by atoms with E-state index in [1.807, 2.05) is 0 Å². The first-order valence-electron chi connectivity index (χ1n) is 7.85. The summed E-state index contributed by atoms with van der Waals surface area (Å²) in [5.41, 5.74) is 0.590. The summed E-state index contributed by atoms with van der Waals surface area (Å²) in [6.45, 7) is 0.463. The predicted molar refractivity (Wildman–Crippen MR) is 92.8 cm³/mol. The van der Waals surface area contributed by atoms with Crippen LogP contribution in [0.4, 0.5) is 5.69 Å². The summed E-state index contributed by atoms with van der Waals surface area (Å²) in [7, 11) is 1.37. The summed E-state index contributed by atoms with van der Waals surface area (Å²) in [6, 6.07) is 3.92. The van der Waals surface area contributed by atoms with Gasteiger partial charge in [-0.3, -0.25) is 14.9 Å². The first-order chi connectivity index (χ1) is 11.9. The van der Waals surface area contributed by atoms with Crippen molar-refractivity contribution in [1.82, 2.24) is 4.90 Å². The van der Waals surface area contributed by atoms with Crippen LogP contribution in [0.2, 0.25) is 0 Å². The van der Waals surface area contributed by atoms with Gasteiger partial charge in [0.1, 0.15) is 6.04 Å². The Balaban J connectivity index is 1.93. The number of ether oxygens (including phenoxy) is 1. The molecule has 1 atom stereocenters. The van der Waals surface area contributed by atoms with Crippen molar-refractivity contribution < 1.29 is 24.4 Å². The van der Waals surface area contributed by atoms with E-state index in [0.29, 0.717) is 24.3 Å². The summed E-state index contributed by atoms with van der Waals surface area (Å²) < 4.78 is 4.95. The largest absolute Gasteiger partial charge is 0.490 e. The third-order valence-electron chi connectivity index (χ3n) is 4.04. The van der Waals surface area contributed by atoms with Gasteiger partial charge >= 0.3 is 11.7 Å². The third kappa shape index (κ3) is 4.85. The Hall–Kier alpha value is -2.29. The van der Waals surface area contributed by atoms with Gasteiger partial charge < -0.3 is 14.7 Å². The van der Waals surface area contributed by atoms with Gasteiger partial charge in [-0.2, -0.15) is 0 Å². The molecule has 0 aliphatic carbocycles. The maximum atomic E-state index is 12.3. The predicted octanol–water partition coefficient (Wildman–Crippen LogP) is 2.30. The van der Waals surface area contributed by atoms with E-state index in [1.54, 1.807) is 6.07 Å². The number of likely N-dealkylation sites (tertiary alicyclic amines) is 1. The van der Waals surface area contributed by atoms with Crippen LogP contribution in [0.15, 0.2) is 18.2 Å². The maximum Gasteiger partial charge on any atom is 0.326 e. The highest BCUT2D eigenvalue weighted by Crippen LogP contribution is 2.29. The molecule has 25 heavy (non-hydrogen) atoms. The summed E-state index contributed by atoms with van der Waals surface area (Å²) >= 11 is 1.31. The third-order valence-corrected chi connectivity index (χ3v) is 5.03. The van der Waals surface area contributed by atoms with Crippen molar-refractivity contribution in [3.8, 4) is 5.75 Å². The molecule has 8 nitrogen and oxygen atoms in total. The number of nitrogens with zero attached hydrogens (tertiary/aromatic N) is 2. The first-order valence-corrected chi connectivity index (χ1v) is 9.01. The molecule has 1 N–H and O–H groups in total. The Bertz CT molecular complexity index is 666. The number of nitro groups is 1. The molecule has 0 aromatic heterocycles. The van der Waals surface area contributed by atoms with Crippen molar-refractivity contribution in [2.45, 2.75) is 31.1 Å². The molecule has 0 saturated carbocycles. The number of piperidine rings is 1. The lowest BCUT2D eigenvalue weighted by Gasteiger charge is -2.32. The number of hydrogen-bond acceptors (Lipinski definition) is 6. The molecule has 1 fully saturated rings. The van der Waals surface area contributed by atoms with Crippen molar-refractivity contribution in [1.29, 1.82) is 0 Å². The number of nitro benzene ring substituents is 1. The van der Waals surface area contributed by atoms with Gasteiger partial charge in [-0.25, -0.2) is 4.79 Å². The summed E-state index contributed by atoms with van der Waals surface area (Å²) in [5.74, 6) is -0.428. The van der Waals surface area contributed by atoms with Gasteiger partial charge in [0.15, 0.2) is 5.75 Å². The number of amides is 1. The quantitative estimate of drug-likeness (QED) is 0.581. The van der Waals surface area contributed by atoms with Gasteiger partial charge in [0.25, 0.3) is 0 Å². The minimum atomic E-state index is -0.969. The normalized spacial score (nSPS) is 17.2. The van der Waals surface area contributed by atoms with Gasteiger partial charge in [-0.1, -0.05) is 6.07 Å². The van der Waals surface area contributed by atoms with Gasteiger partial charge in [0.05, 0.1) is 17.8 Å². The number of methoxy groups -OCH3 is 1. The molecule has 0 spiro atoms. The van der Waals surface area contributed by atoms with Crippen molar-refractivity contribution in [3.05, 3.63) is 33.9 Å². The Kier molecular flexibility index (Phi) is 6.63. The van der Waals surface area contributed by atoms with Gasteiger partial charge in [-0.15, -0.1) is 11.8 Å². The van der Waals surface area contributed by atoms with Crippen LogP contribution in [0.3, 0.4) is 0 Å². The second-order valence-corrected chi connectivity index (χ2v) is 6.68. The molecular formula is C16H20N2O6S. The van der Waals surface area contributed by atoms with Crippen molar-refractivity contribution in [2.75, 3.05) is 19.4 Å². The van der Waals surface area contributed by atoms with Crippen LogP contribution in [0.5, 0.6) is 5.75 Å². The average molecular weight is 368 g/mol. The van der Waals surface area contributed by atoms with Crippen LogP contribution in [0.1, 0.15) is 24.8 Å². The summed E-state index contributed by atoms with van der Waals surface area (Å²) in [4.78, 5) is 35.5. The Morgan fingerprint density at radius 3 is 2.84 bits per heavy atom. The SMILES string of the molecule is COc1ccc(CSCC(=O)N2CCCCC2C(=O)O)cc1[N+](=O)[O-]. The lowest BCUT2D eigenvalue weighted by atomic mass is 10.0. The molecule has 1 unspecified atom stereocenters. The fourth-order valence-corrected chi connectivity index (χ4v) is 3.65. The zero-order chi connectivity index (χ0) is 18.4. The van der Waals surface area contributed by atoms with E-state index in [2.05, 4.69) is 0 Å². The molecule has 136 valence electrons. The van der Waals surface area contributed by atoms with Crippen LogP contribution in [-0.2, 0) is 15.3 Å². The minimum absolute atomic E-state index is 0.117. The van der Waals surface area contributed by atoms with Crippen LogP contribution in [0, 0.1) is 10.1 Å². The second-order valence-electron chi connectivity index (χ2n) is 5.69. The highest BCUT2D eigenvalue weighted by molar-refractivity contribution is 7.99. The number of carbonyl (C=O) groups excluding carboxylic acids is 1. The molecule has 2 rings (SSSR count). The maximum absolute atomic E-state index is 12.3. The Morgan fingerprint density at radius 1 is 1.44 bits per heavy atom. The van der Waals surface area contributed by atoms with E-state index >= 15 is 0 Å². The summed E-state index contributed by atoms with van der Waals surface area (Å²) in [5, 5.41) is 20.2. The van der Waals surface area contributed by atoms with Crippen LogP contribution in [-0.4, -0.2) is 52.3 Å². The smallest absolute Gasteiger partial charge is 0.326 e. The number of benzene rings is 1. The van der Waals surface area contributed by atoms with Gasteiger partial charge in [0.2, 0.25) is 5.91 Å². The zero-order valence-corrected chi connectivity index (χ0v) is 14.7. The van der Waals surface area contributed by atoms with E-state index in [9.17, 15) is 24.8 Å². The number of hydrogen-bond donors (Lipinski definition) is 1. The lowest BCUT2D eigenvalue weighted by molar-refractivity contribution is -0.385. The van der Waals surface area contributed by atoms with Crippen LogP contribution >= 0.6 is 11.8 Å². The van der Waals surface area contributed by atoms with Gasteiger partial charge in [0, 0.05) is 18.4 Å². The monoisotopic (exact) mass is 368 g/mol. The molecule has 1 amide bonds. The fourth-order valence-electron chi connectivity index (χ4n) is 2.79. The van der Waals surface area contributed by atoms with E-state index < -0.39 is 16.9 Å². The molecule has 9 heteroatoms. The van der Waals surface area contributed by atoms with Crippen molar-refractivity contribution >= 4 is 29.3 Å².